The molecule has 6 heteroatoms. The van der Waals surface area contributed by atoms with Crippen LogP contribution in [-0.4, -0.2) is 51.4 Å². The van der Waals surface area contributed by atoms with Gasteiger partial charge in [0.25, 0.3) is 5.91 Å². The van der Waals surface area contributed by atoms with Crippen molar-refractivity contribution in [1.82, 2.24) is 19.7 Å². The van der Waals surface area contributed by atoms with Gasteiger partial charge >= 0.3 is 0 Å². The smallest absolute Gasteiger partial charge is 0.255 e. The second kappa shape index (κ2) is 6.70. The van der Waals surface area contributed by atoms with Gasteiger partial charge in [-0.25, -0.2) is 0 Å². The molecule has 0 radical (unpaired) electrons. The number of carbonyl (C=O) groups is 1. The van der Waals surface area contributed by atoms with Crippen LogP contribution in [0.1, 0.15) is 30.1 Å². The van der Waals surface area contributed by atoms with E-state index in [-0.39, 0.29) is 12.0 Å². The van der Waals surface area contributed by atoms with Crippen molar-refractivity contribution in [2.45, 2.75) is 25.9 Å². The standard InChI is InChI=1S/C16H20N4O2/c1-2-22-13-7-9-19(10-8-13)16(21)14-5-3-4-6-15(14)20-11-17-18-12-20/h3-6,11-13H,2,7-10H2,1H3. The third-order valence-corrected chi connectivity index (χ3v) is 3.96. The van der Waals surface area contributed by atoms with E-state index in [2.05, 4.69) is 10.2 Å². The molecular weight excluding hydrogens is 280 g/mol. The normalized spacial score (nSPS) is 16.0. The van der Waals surface area contributed by atoms with Crippen molar-refractivity contribution in [3.8, 4) is 5.69 Å². The highest BCUT2D eigenvalue weighted by Crippen LogP contribution is 2.20. The highest BCUT2D eigenvalue weighted by molar-refractivity contribution is 5.97. The number of aromatic nitrogens is 3. The molecule has 6 nitrogen and oxygen atoms in total. The van der Waals surface area contributed by atoms with Gasteiger partial charge < -0.3 is 9.64 Å². The summed E-state index contributed by atoms with van der Waals surface area (Å²) in [5.41, 5.74) is 1.49. The molecule has 0 spiro atoms. The molecule has 0 aliphatic carbocycles. The van der Waals surface area contributed by atoms with Crippen molar-refractivity contribution in [1.29, 1.82) is 0 Å². The van der Waals surface area contributed by atoms with Crippen LogP contribution in [-0.2, 0) is 4.74 Å². The van der Waals surface area contributed by atoms with Gasteiger partial charge in [-0.2, -0.15) is 0 Å². The van der Waals surface area contributed by atoms with Crippen LogP contribution in [0.4, 0.5) is 0 Å². The number of piperidine rings is 1. The average Bonchev–Trinajstić information content (AvgIpc) is 3.10. The quantitative estimate of drug-likeness (QED) is 0.865. The zero-order valence-electron chi connectivity index (χ0n) is 12.7. The van der Waals surface area contributed by atoms with Gasteiger partial charge in [-0.3, -0.25) is 9.36 Å². The lowest BCUT2D eigenvalue weighted by atomic mass is 10.1. The average molecular weight is 300 g/mol. The summed E-state index contributed by atoms with van der Waals surface area (Å²) in [7, 11) is 0. The predicted octanol–water partition coefficient (Wildman–Crippen LogP) is 1.91. The molecule has 1 aromatic carbocycles. The Balaban J connectivity index is 1.76. The molecule has 0 atom stereocenters. The lowest BCUT2D eigenvalue weighted by molar-refractivity contribution is 0.0146. The van der Waals surface area contributed by atoms with Crippen LogP contribution in [0.25, 0.3) is 5.69 Å². The number of amides is 1. The van der Waals surface area contributed by atoms with E-state index < -0.39 is 0 Å². The third kappa shape index (κ3) is 3.01. The lowest BCUT2D eigenvalue weighted by Crippen LogP contribution is -2.41. The van der Waals surface area contributed by atoms with E-state index >= 15 is 0 Å². The van der Waals surface area contributed by atoms with Gasteiger partial charge in [0.15, 0.2) is 0 Å². The molecule has 0 bridgehead atoms. The van der Waals surface area contributed by atoms with Gasteiger partial charge in [-0.15, -0.1) is 10.2 Å². The molecule has 1 aliphatic rings. The first-order valence-electron chi connectivity index (χ1n) is 7.64. The number of hydrogen-bond acceptors (Lipinski definition) is 4. The first kappa shape index (κ1) is 14.7. The Morgan fingerprint density at radius 2 is 1.91 bits per heavy atom. The van der Waals surface area contributed by atoms with Crippen molar-refractivity contribution >= 4 is 5.91 Å². The maximum absolute atomic E-state index is 12.8. The second-order valence-electron chi connectivity index (χ2n) is 5.33. The van der Waals surface area contributed by atoms with Crippen molar-refractivity contribution in [3.63, 3.8) is 0 Å². The monoisotopic (exact) mass is 300 g/mol. The van der Waals surface area contributed by atoms with Gasteiger partial charge in [0.05, 0.1) is 17.4 Å². The summed E-state index contributed by atoms with van der Waals surface area (Å²) in [4.78, 5) is 14.7. The Morgan fingerprint density at radius 3 is 2.59 bits per heavy atom. The fourth-order valence-electron chi connectivity index (χ4n) is 2.84. The van der Waals surface area contributed by atoms with Crippen LogP contribution in [0, 0.1) is 0 Å². The van der Waals surface area contributed by atoms with Crippen molar-refractivity contribution in [3.05, 3.63) is 42.5 Å². The molecule has 0 unspecified atom stereocenters. The molecule has 3 rings (SSSR count). The van der Waals surface area contributed by atoms with Gasteiger partial charge in [-0.05, 0) is 31.9 Å². The summed E-state index contributed by atoms with van der Waals surface area (Å²) < 4.78 is 7.40. The minimum absolute atomic E-state index is 0.0549. The van der Waals surface area contributed by atoms with E-state index in [0.717, 1.165) is 38.2 Å². The Kier molecular flexibility index (Phi) is 4.48. The molecule has 22 heavy (non-hydrogen) atoms. The van der Waals surface area contributed by atoms with E-state index in [0.29, 0.717) is 5.56 Å². The molecule has 2 aromatic rings. The summed E-state index contributed by atoms with van der Waals surface area (Å²) >= 11 is 0. The molecule has 0 N–H and O–H groups in total. The van der Waals surface area contributed by atoms with E-state index in [1.54, 1.807) is 17.2 Å². The van der Waals surface area contributed by atoms with Crippen molar-refractivity contribution in [2.24, 2.45) is 0 Å². The van der Waals surface area contributed by atoms with E-state index in [1.165, 1.54) is 0 Å². The predicted molar refractivity (Wildman–Crippen MR) is 81.9 cm³/mol. The third-order valence-electron chi connectivity index (χ3n) is 3.96. The van der Waals surface area contributed by atoms with E-state index in [1.807, 2.05) is 36.1 Å². The molecule has 1 aliphatic heterocycles. The summed E-state index contributed by atoms with van der Waals surface area (Å²) in [6, 6.07) is 7.55. The van der Waals surface area contributed by atoms with Crippen LogP contribution in [0.5, 0.6) is 0 Å². The second-order valence-corrected chi connectivity index (χ2v) is 5.33. The zero-order chi connectivity index (χ0) is 15.4. The Labute approximate surface area is 129 Å². The molecular formula is C16H20N4O2. The van der Waals surface area contributed by atoms with Gasteiger partial charge in [0.2, 0.25) is 0 Å². The van der Waals surface area contributed by atoms with Crippen LogP contribution in [0.2, 0.25) is 0 Å². The molecule has 1 aromatic heterocycles. The molecule has 116 valence electrons. The van der Waals surface area contributed by atoms with E-state index in [9.17, 15) is 4.79 Å². The van der Waals surface area contributed by atoms with Crippen molar-refractivity contribution in [2.75, 3.05) is 19.7 Å². The summed E-state index contributed by atoms with van der Waals surface area (Å²) in [6.45, 7) is 4.21. The van der Waals surface area contributed by atoms with Crippen LogP contribution < -0.4 is 0 Å². The van der Waals surface area contributed by atoms with Crippen molar-refractivity contribution < 1.29 is 9.53 Å². The SMILES string of the molecule is CCOC1CCN(C(=O)c2ccccc2-n2cnnc2)CC1. The van der Waals surface area contributed by atoms with E-state index in [4.69, 9.17) is 4.74 Å². The number of nitrogens with zero attached hydrogens (tertiary/aromatic N) is 4. The number of para-hydroxylation sites is 1. The fraction of sp³-hybridized carbons (Fsp3) is 0.438. The maximum atomic E-state index is 12.8. The highest BCUT2D eigenvalue weighted by Gasteiger charge is 2.25. The summed E-state index contributed by atoms with van der Waals surface area (Å²) in [5, 5.41) is 7.63. The van der Waals surface area contributed by atoms with Crippen LogP contribution in [0.15, 0.2) is 36.9 Å². The summed E-state index contributed by atoms with van der Waals surface area (Å²) in [6.07, 6.45) is 5.28. The number of ether oxygens (including phenoxy) is 1. The van der Waals surface area contributed by atoms with Gasteiger partial charge in [0.1, 0.15) is 12.7 Å². The maximum Gasteiger partial charge on any atom is 0.255 e. The molecule has 1 fully saturated rings. The number of hydrogen-bond donors (Lipinski definition) is 0. The number of carbonyl (C=O) groups excluding carboxylic acids is 1. The molecule has 1 saturated heterocycles. The topological polar surface area (TPSA) is 60.2 Å². The minimum atomic E-state index is 0.0549. The zero-order valence-corrected chi connectivity index (χ0v) is 12.7. The summed E-state index contributed by atoms with van der Waals surface area (Å²) in [5.74, 6) is 0.0549. The van der Waals surface area contributed by atoms with Crippen LogP contribution >= 0.6 is 0 Å². The highest BCUT2D eigenvalue weighted by atomic mass is 16.5. The Bertz CT molecular complexity index is 619. The Morgan fingerprint density at radius 1 is 1.23 bits per heavy atom. The number of likely N-dealkylation sites (tertiary alicyclic amines) is 1. The molecule has 2 heterocycles. The molecule has 0 saturated carbocycles. The number of rotatable bonds is 4. The first-order chi connectivity index (χ1) is 10.8. The number of benzene rings is 1. The fourth-order valence-corrected chi connectivity index (χ4v) is 2.84. The van der Waals surface area contributed by atoms with Gasteiger partial charge in [-0.1, -0.05) is 12.1 Å². The van der Waals surface area contributed by atoms with Crippen LogP contribution in [0.3, 0.4) is 0 Å². The molecule has 1 amide bonds. The Hall–Kier alpha value is -2.21. The largest absolute Gasteiger partial charge is 0.378 e. The first-order valence-corrected chi connectivity index (χ1v) is 7.64. The van der Waals surface area contributed by atoms with Gasteiger partial charge in [0, 0.05) is 19.7 Å². The minimum Gasteiger partial charge on any atom is -0.378 e. The lowest BCUT2D eigenvalue weighted by Gasteiger charge is -2.32.